The van der Waals surface area contributed by atoms with Gasteiger partial charge < -0.3 is 21.6 Å². The highest BCUT2D eigenvalue weighted by molar-refractivity contribution is 5.97. The van der Waals surface area contributed by atoms with Crippen LogP contribution in [0.4, 0.5) is 17.3 Å². The number of hydrogen-bond acceptors (Lipinski definition) is 8. The van der Waals surface area contributed by atoms with E-state index >= 15 is 0 Å². The number of aromatic nitrogens is 3. The number of nitrogens with zero attached hydrogens (tertiary/aromatic N) is 4. The number of nitrogen functional groups attached to an aromatic ring is 1. The summed E-state index contributed by atoms with van der Waals surface area (Å²) in [5.41, 5.74) is 4.36. The minimum Gasteiger partial charge on any atom is -0.384 e. The second-order valence-corrected chi connectivity index (χ2v) is 9.46. The van der Waals surface area contributed by atoms with Crippen molar-refractivity contribution in [2.45, 2.75) is 64.2 Å². The summed E-state index contributed by atoms with van der Waals surface area (Å²) in [6, 6.07) is 3.17. The van der Waals surface area contributed by atoms with Crippen molar-refractivity contribution in [2.75, 3.05) is 11.1 Å². The minimum atomic E-state index is -0.955. The third kappa shape index (κ3) is 2.94. The number of piperidine rings is 1. The van der Waals surface area contributed by atoms with E-state index in [1.165, 1.54) is 17.5 Å². The van der Waals surface area contributed by atoms with Crippen LogP contribution in [0.3, 0.4) is 0 Å². The summed E-state index contributed by atoms with van der Waals surface area (Å²) in [5.74, 6) is 0.370. The molecule has 1 saturated heterocycles. The zero-order valence-electron chi connectivity index (χ0n) is 17.8. The molecule has 0 aromatic carbocycles. The van der Waals surface area contributed by atoms with Gasteiger partial charge in [0.2, 0.25) is 0 Å². The monoisotopic (exact) mass is 413 g/mol. The molecule has 0 aliphatic carbocycles. The second kappa shape index (κ2) is 6.26. The van der Waals surface area contributed by atoms with Crippen molar-refractivity contribution in [1.29, 1.82) is 0 Å². The molecule has 0 atom stereocenters. The van der Waals surface area contributed by atoms with E-state index in [9.17, 15) is 14.8 Å². The number of fused-ring (bicyclic) bond motifs is 2. The fourth-order valence-electron chi connectivity index (χ4n) is 5.14. The molecule has 5 N–H and O–H groups in total. The van der Waals surface area contributed by atoms with E-state index in [0.29, 0.717) is 29.9 Å². The van der Waals surface area contributed by atoms with Crippen molar-refractivity contribution in [2.24, 2.45) is 0 Å². The Labute approximate surface area is 174 Å². The molecule has 160 valence electrons. The van der Waals surface area contributed by atoms with Crippen LogP contribution in [0.25, 0.3) is 0 Å². The molecule has 30 heavy (non-hydrogen) atoms. The summed E-state index contributed by atoms with van der Waals surface area (Å²) in [6.07, 6.45) is 2.04. The molecule has 10 heteroatoms. The standard InChI is InChI=1S/C20H27N7O3/c1-11-6-12(24-14-7-13(21)22-10-23-14)17(29)26-15(11)16(28)25-20(26)8-18(2,3)27(30)19(4,5)9-20/h6-7,10,30H,8-9H2,1-5H3,(H,25,28)(H3,21,22,23,24). The lowest BCUT2D eigenvalue weighted by Crippen LogP contribution is -2.68. The summed E-state index contributed by atoms with van der Waals surface area (Å²) < 4.78 is 1.55. The number of anilines is 3. The maximum absolute atomic E-state index is 13.6. The lowest BCUT2D eigenvalue weighted by Gasteiger charge is -2.55. The molecule has 4 rings (SSSR count). The maximum Gasteiger partial charge on any atom is 0.276 e. The van der Waals surface area contributed by atoms with Crippen molar-refractivity contribution < 1.29 is 10.0 Å². The molecule has 0 unspecified atom stereocenters. The summed E-state index contributed by atoms with van der Waals surface area (Å²) in [5, 5.41) is 18.1. The van der Waals surface area contributed by atoms with Crippen molar-refractivity contribution in [1.82, 2.24) is 24.9 Å². The van der Waals surface area contributed by atoms with Crippen molar-refractivity contribution in [3.05, 3.63) is 40.1 Å². The van der Waals surface area contributed by atoms with Crippen LogP contribution in [0.15, 0.2) is 23.3 Å². The first kappa shape index (κ1) is 20.3. The van der Waals surface area contributed by atoms with Crippen LogP contribution in [0.1, 0.15) is 56.6 Å². The third-order valence-electron chi connectivity index (χ3n) is 5.93. The first-order valence-electron chi connectivity index (χ1n) is 9.80. The molecule has 2 aromatic heterocycles. The van der Waals surface area contributed by atoms with Gasteiger partial charge in [-0.2, -0.15) is 5.06 Å². The zero-order valence-corrected chi connectivity index (χ0v) is 17.8. The summed E-state index contributed by atoms with van der Waals surface area (Å²) in [6.45, 7) is 9.36. The summed E-state index contributed by atoms with van der Waals surface area (Å²) in [7, 11) is 0. The molecule has 2 aliphatic rings. The predicted molar refractivity (Wildman–Crippen MR) is 112 cm³/mol. The van der Waals surface area contributed by atoms with Crippen LogP contribution in [0, 0.1) is 6.92 Å². The number of hydroxylamine groups is 2. The Morgan fingerprint density at radius 3 is 2.37 bits per heavy atom. The zero-order chi connectivity index (χ0) is 22.1. The molecule has 0 saturated carbocycles. The largest absolute Gasteiger partial charge is 0.384 e. The van der Waals surface area contributed by atoms with Crippen LogP contribution < -0.4 is 21.9 Å². The number of aryl methyl sites for hydroxylation is 1. The predicted octanol–water partition coefficient (Wildman–Crippen LogP) is 1.71. The second-order valence-electron chi connectivity index (χ2n) is 9.46. The molecule has 1 fully saturated rings. The van der Waals surface area contributed by atoms with Gasteiger partial charge in [-0.25, -0.2) is 9.97 Å². The molecule has 2 aromatic rings. The van der Waals surface area contributed by atoms with Crippen LogP contribution >= 0.6 is 0 Å². The number of hydrogen-bond donors (Lipinski definition) is 4. The Morgan fingerprint density at radius 2 is 1.77 bits per heavy atom. The fourth-order valence-corrected chi connectivity index (χ4v) is 5.14. The number of rotatable bonds is 2. The molecular weight excluding hydrogens is 386 g/mol. The summed E-state index contributed by atoms with van der Waals surface area (Å²) >= 11 is 0. The molecule has 4 heterocycles. The lowest BCUT2D eigenvalue weighted by atomic mass is 9.75. The van der Waals surface area contributed by atoms with Gasteiger partial charge >= 0.3 is 0 Å². The SMILES string of the molecule is Cc1cc(Nc2cc(N)ncn2)c(=O)n2c1C(=O)NC21CC(C)(C)N(O)C(C)(C)C1. The van der Waals surface area contributed by atoms with Crippen LogP contribution in [0.2, 0.25) is 0 Å². The fraction of sp³-hybridized carbons (Fsp3) is 0.500. The Kier molecular flexibility index (Phi) is 4.23. The van der Waals surface area contributed by atoms with E-state index in [1.807, 2.05) is 27.7 Å². The van der Waals surface area contributed by atoms with Crippen molar-refractivity contribution in [3.63, 3.8) is 0 Å². The Bertz CT molecular complexity index is 1090. The van der Waals surface area contributed by atoms with Crippen LogP contribution in [-0.2, 0) is 5.66 Å². The quantitative estimate of drug-likeness (QED) is 0.584. The molecule has 1 spiro atoms. The normalized spacial score (nSPS) is 21.3. The van der Waals surface area contributed by atoms with E-state index in [0.717, 1.165) is 0 Å². The van der Waals surface area contributed by atoms with Gasteiger partial charge in [0.25, 0.3) is 11.5 Å². The average molecular weight is 413 g/mol. The highest BCUT2D eigenvalue weighted by Gasteiger charge is 2.57. The van der Waals surface area contributed by atoms with Gasteiger partial charge in [0.05, 0.1) is 0 Å². The van der Waals surface area contributed by atoms with Gasteiger partial charge in [-0.15, -0.1) is 0 Å². The van der Waals surface area contributed by atoms with Crippen LogP contribution in [0.5, 0.6) is 0 Å². The topological polar surface area (TPSA) is 138 Å². The van der Waals surface area contributed by atoms with Crippen LogP contribution in [-0.4, -0.2) is 41.8 Å². The average Bonchev–Trinajstić information content (AvgIpc) is 2.88. The Balaban J connectivity index is 1.89. The number of nitrogens with two attached hydrogens (primary N) is 1. The third-order valence-corrected chi connectivity index (χ3v) is 5.93. The van der Waals surface area contributed by atoms with Gasteiger partial charge in [0.1, 0.15) is 35.0 Å². The molecular formula is C20H27N7O3. The highest BCUT2D eigenvalue weighted by atomic mass is 16.5. The van der Waals surface area contributed by atoms with Gasteiger partial charge in [-0.1, -0.05) is 0 Å². The maximum atomic E-state index is 13.6. The van der Waals surface area contributed by atoms with E-state index in [4.69, 9.17) is 5.73 Å². The van der Waals surface area contributed by atoms with E-state index in [2.05, 4.69) is 20.6 Å². The highest BCUT2D eigenvalue weighted by Crippen LogP contribution is 2.46. The molecule has 0 bridgehead atoms. The molecule has 10 nitrogen and oxygen atoms in total. The number of nitrogens with one attached hydrogen (secondary N) is 2. The van der Waals surface area contributed by atoms with Gasteiger partial charge in [-0.05, 0) is 46.2 Å². The van der Waals surface area contributed by atoms with E-state index in [1.54, 1.807) is 17.6 Å². The number of carbonyl (C=O) groups excluding carboxylic acids is 1. The molecule has 0 radical (unpaired) electrons. The van der Waals surface area contributed by atoms with Crippen molar-refractivity contribution >= 4 is 23.2 Å². The molecule has 1 amide bonds. The van der Waals surface area contributed by atoms with Crippen molar-refractivity contribution in [3.8, 4) is 0 Å². The Morgan fingerprint density at radius 1 is 1.13 bits per heavy atom. The number of carbonyl (C=O) groups is 1. The van der Waals surface area contributed by atoms with Gasteiger partial charge in [0.15, 0.2) is 0 Å². The molecule has 2 aliphatic heterocycles. The lowest BCUT2D eigenvalue weighted by molar-refractivity contribution is -0.262. The number of pyridine rings is 1. The van der Waals surface area contributed by atoms with E-state index < -0.39 is 16.7 Å². The van der Waals surface area contributed by atoms with Gasteiger partial charge in [-0.3, -0.25) is 14.2 Å². The minimum absolute atomic E-state index is 0.276. The van der Waals surface area contributed by atoms with Gasteiger partial charge in [0, 0.05) is 30.0 Å². The Hall–Kier alpha value is -2.98. The first-order chi connectivity index (χ1) is 13.9. The smallest absolute Gasteiger partial charge is 0.276 e. The number of amides is 1. The van der Waals surface area contributed by atoms with E-state index in [-0.39, 0.29) is 23.0 Å². The first-order valence-corrected chi connectivity index (χ1v) is 9.80. The summed E-state index contributed by atoms with van der Waals surface area (Å²) in [4.78, 5) is 34.5.